The Morgan fingerprint density at radius 1 is 1.16 bits per heavy atom. The second kappa shape index (κ2) is 8.02. The number of hydrogen-bond acceptors (Lipinski definition) is 5. The normalized spacial score (nSPS) is 11.7. The molecule has 3 N–H and O–H groups in total. The molecule has 128 valence electrons. The highest BCUT2D eigenvalue weighted by Gasteiger charge is 2.10. The van der Waals surface area contributed by atoms with Crippen LogP contribution in [0.2, 0.25) is 0 Å². The van der Waals surface area contributed by atoms with Crippen molar-refractivity contribution in [3.8, 4) is 0 Å². The number of carbonyl (C=O) groups excluding carboxylic acids is 1. The third kappa shape index (κ3) is 4.85. The van der Waals surface area contributed by atoms with Crippen molar-refractivity contribution in [2.45, 2.75) is 12.6 Å². The lowest BCUT2D eigenvalue weighted by molar-refractivity contribution is 0.175. The molecule has 0 aromatic carbocycles. The zero-order chi connectivity index (χ0) is 17.5. The van der Waals surface area contributed by atoms with E-state index in [0.29, 0.717) is 17.8 Å². The first kappa shape index (κ1) is 16.6. The number of rotatable bonds is 6. The molecule has 1 atom stereocenters. The molecule has 0 aliphatic carbocycles. The first-order chi connectivity index (χ1) is 12.2. The molecule has 2 amide bonds. The van der Waals surface area contributed by atoms with Crippen LogP contribution in [0.3, 0.4) is 0 Å². The van der Waals surface area contributed by atoms with Gasteiger partial charge in [-0.25, -0.2) is 4.79 Å². The number of urea groups is 1. The van der Waals surface area contributed by atoms with Crippen LogP contribution >= 0.6 is 0 Å². The maximum Gasteiger partial charge on any atom is 0.319 e. The molecular formula is C17H18N6O2. The molecule has 0 fully saturated rings. The number of amides is 2. The summed E-state index contributed by atoms with van der Waals surface area (Å²) in [6.07, 6.45) is 9.17. The molecule has 1 unspecified atom stereocenters. The molecule has 25 heavy (non-hydrogen) atoms. The van der Waals surface area contributed by atoms with Gasteiger partial charge in [-0.2, -0.15) is 5.10 Å². The molecule has 0 saturated carbocycles. The Morgan fingerprint density at radius 3 is 2.76 bits per heavy atom. The van der Waals surface area contributed by atoms with Crippen molar-refractivity contribution in [3.05, 3.63) is 72.6 Å². The van der Waals surface area contributed by atoms with Gasteiger partial charge in [0.2, 0.25) is 0 Å². The fraction of sp³-hybridized carbons (Fsp3) is 0.176. The Balaban J connectivity index is 1.48. The number of nitrogens with one attached hydrogen (secondary N) is 2. The number of nitrogens with zero attached hydrogens (tertiary/aromatic N) is 4. The molecule has 0 saturated heterocycles. The van der Waals surface area contributed by atoms with Crippen LogP contribution in [0.15, 0.2) is 61.4 Å². The highest BCUT2D eigenvalue weighted by molar-refractivity contribution is 5.88. The van der Waals surface area contributed by atoms with Gasteiger partial charge in [-0.05, 0) is 29.3 Å². The molecule has 0 bridgehead atoms. The minimum absolute atomic E-state index is 0.0969. The molecule has 0 radical (unpaired) electrons. The molecule has 3 rings (SSSR count). The summed E-state index contributed by atoms with van der Waals surface area (Å²) in [6, 6.07) is 6.81. The van der Waals surface area contributed by atoms with Gasteiger partial charge in [-0.3, -0.25) is 14.6 Å². The fourth-order valence-electron chi connectivity index (χ4n) is 2.26. The van der Waals surface area contributed by atoms with Gasteiger partial charge in [-0.15, -0.1) is 0 Å². The van der Waals surface area contributed by atoms with E-state index in [1.807, 2.05) is 12.1 Å². The zero-order valence-electron chi connectivity index (χ0n) is 13.4. The van der Waals surface area contributed by atoms with Gasteiger partial charge in [-0.1, -0.05) is 6.07 Å². The van der Waals surface area contributed by atoms with Crippen LogP contribution in [-0.2, 0) is 6.54 Å². The van der Waals surface area contributed by atoms with Gasteiger partial charge < -0.3 is 15.7 Å². The maximum atomic E-state index is 11.9. The lowest BCUT2D eigenvalue weighted by atomic mass is 10.1. The summed E-state index contributed by atoms with van der Waals surface area (Å²) in [7, 11) is 0. The summed E-state index contributed by atoms with van der Waals surface area (Å²) in [5.74, 6) is 0. The van der Waals surface area contributed by atoms with Crippen molar-refractivity contribution < 1.29 is 9.90 Å². The Bertz CT molecular complexity index is 806. The standard InChI is InChI=1S/C17H18N6O2/c24-16(14-3-6-18-7-4-14)10-20-17(25)22-15-9-21-23(12-15)11-13-2-1-5-19-8-13/h1-9,12,16,24H,10-11H2,(H2,20,22,25). The summed E-state index contributed by atoms with van der Waals surface area (Å²) in [5, 5.41) is 19.5. The van der Waals surface area contributed by atoms with E-state index in [-0.39, 0.29) is 6.54 Å². The summed E-state index contributed by atoms with van der Waals surface area (Å²) in [5.41, 5.74) is 2.28. The maximum absolute atomic E-state index is 11.9. The Kier molecular flexibility index (Phi) is 5.32. The monoisotopic (exact) mass is 338 g/mol. The second-order valence-corrected chi connectivity index (χ2v) is 5.42. The average Bonchev–Trinajstić information content (AvgIpc) is 3.08. The Labute approximate surface area is 144 Å². The van der Waals surface area contributed by atoms with Crippen LogP contribution in [0.4, 0.5) is 10.5 Å². The van der Waals surface area contributed by atoms with E-state index >= 15 is 0 Å². The molecule has 3 aromatic heterocycles. The smallest absolute Gasteiger partial charge is 0.319 e. The van der Waals surface area contributed by atoms with Crippen molar-refractivity contribution >= 4 is 11.7 Å². The lowest BCUT2D eigenvalue weighted by Crippen LogP contribution is -2.32. The van der Waals surface area contributed by atoms with Crippen molar-refractivity contribution in [1.29, 1.82) is 0 Å². The number of aliphatic hydroxyl groups is 1. The van der Waals surface area contributed by atoms with Crippen LogP contribution < -0.4 is 10.6 Å². The zero-order valence-corrected chi connectivity index (χ0v) is 13.4. The summed E-state index contributed by atoms with van der Waals surface area (Å²) >= 11 is 0. The highest BCUT2D eigenvalue weighted by Crippen LogP contribution is 2.10. The number of aromatic nitrogens is 4. The Morgan fingerprint density at radius 2 is 2.00 bits per heavy atom. The van der Waals surface area contributed by atoms with E-state index in [9.17, 15) is 9.90 Å². The van der Waals surface area contributed by atoms with E-state index in [0.717, 1.165) is 5.56 Å². The number of hydrogen-bond donors (Lipinski definition) is 3. The Hall–Kier alpha value is -3.26. The van der Waals surface area contributed by atoms with Crippen molar-refractivity contribution in [2.24, 2.45) is 0 Å². The largest absolute Gasteiger partial charge is 0.387 e. The van der Waals surface area contributed by atoms with Gasteiger partial charge in [0, 0.05) is 37.5 Å². The first-order valence-corrected chi connectivity index (χ1v) is 7.75. The highest BCUT2D eigenvalue weighted by atomic mass is 16.3. The molecule has 8 heteroatoms. The topological polar surface area (TPSA) is 105 Å². The molecule has 8 nitrogen and oxygen atoms in total. The third-order valence-corrected chi connectivity index (χ3v) is 3.51. The minimum atomic E-state index is -0.790. The van der Waals surface area contributed by atoms with Gasteiger partial charge in [0.15, 0.2) is 0 Å². The van der Waals surface area contributed by atoms with Crippen molar-refractivity contribution in [1.82, 2.24) is 25.1 Å². The number of pyridine rings is 2. The number of aliphatic hydroxyl groups excluding tert-OH is 1. The van der Waals surface area contributed by atoms with Crippen LogP contribution in [0.25, 0.3) is 0 Å². The summed E-state index contributed by atoms with van der Waals surface area (Å²) < 4.78 is 1.71. The van der Waals surface area contributed by atoms with Crippen LogP contribution in [0.1, 0.15) is 17.2 Å². The number of carbonyl (C=O) groups is 1. The SMILES string of the molecule is O=C(NCC(O)c1ccncc1)Nc1cnn(Cc2cccnc2)c1. The van der Waals surface area contributed by atoms with E-state index < -0.39 is 12.1 Å². The van der Waals surface area contributed by atoms with Gasteiger partial charge in [0.1, 0.15) is 0 Å². The summed E-state index contributed by atoms with van der Waals surface area (Å²) in [6.45, 7) is 0.664. The van der Waals surface area contributed by atoms with E-state index in [4.69, 9.17) is 0 Å². The van der Waals surface area contributed by atoms with E-state index in [1.54, 1.807) is 54.0 Å². The third-order valence-electron chi connectivity index (χ3n) is 3.51. The number of anilines is 1. The molecular weight excluding hydrogens is 320 g/mol. The molecule has 0 aliphatic heterocycles. The van der Waals surface area contributed by atoms with Crippen LogP contribution in [0, 0.1) is 0 Å². The minimum Gasteiger partial charge on any atom is -0.387 e. The fourth-order valence-corrected chi connectivity index (χ4v) is 2.26. The molecule has 3 aromatic rings. The van der Waals surface area contributed by atoms with Gasteiger partial charge in [0.05, 0.1) is 24.5 Å². The average molecular weight is 338 g/mol. The van der Waals surface area contributed by atoms with Crippen LogP contribution in [-0.4, -0.2) is 37.4 Å². The molecule has 3 heterocycles. The van der Waals surface area contributed by atoms with Crippen molar-refractivity contribution in [3.63, 3.8) is 0 Å². The van der Waals surface area contributed by atoms with E-state index in [2.05, 4.69) is 25.7 Å². The van der Waals surface area contributed by atoms with E-state index in [1.165, 1.54) is 0 Å². The lowest BCUT2D eigenvalue weighted by Gasteiger charge is -2.12. The van der Waals surface area contributed by atoms with Crippen molar-refractivity contribution in [2.75, 3.05) is 11.9 Å². The second-order valence-electron chi connectivity index (χ2n) is 5.42. The predicted octanol–water partition coefficient (Wildman–Crippen LogP) is 1.58. The molecule has 0 aliphatic rings. The summed E-state index contributed by atoms with van der Waals surface area (Å²) in [4.78, 5) is 19.9. The quantitative estimate of drug-likeness (QED) is 0.633. The predicted molar refractivity (Wildman–Crippen MR) is 91.8 cm³/mol. The molecule has 0 spiro atoms. The van der Waals surface area contributed by atoms with Gasteiger partial charge >= 0.3 is 6.03 Å². The van der Waals surface area contributed by atoms with Gasteiger partial charge in [0.25, 0.3) is 0 Å². The van der Waals surface area contributed by atoms with Crippen LogP contribution in [0.5, 0.6) is 0 Å². The first-order valence-electron chi connectivity index (χ1n) is 7.75.